The number of anilines is 1. The molecule has 8 nitrogen and oxygen atoms in total. The normalized spacial score (nSPS) is 17.9. The van der Waals surface area contributed by atoms with Crippen molar-refractivity contribution in [3.05, 3.63) is 52.6 Å². The van der Waals surface area contributed by atoms with Gasteiger partial charge in [-0.2, -0.15) is 0 Å². The molecule has 0 unspecified atom stereocenters. The van der Waals surface area contributed by atoms with Crippen LogP contribution in [0, 0.1) is 11.8 Å². The summed E-state index contributed by atoms with van der Waals surface area (Å²) in [4.78, 5) is 30.8. The minimum atomic E-state index is -1.44. The number of benzene rings is 1. The number of thiazole rings is 1. The standard InChI is InChI=1S/C26H32N4O4S/c1-17(2)30(25(31)20-9-4-18(3)5-10-20)24-22(34-26(32)33)16-29(28-24)21-11-6-19(7-12-21)8-13-23-27-14-15-35-23/h6-7,11-12,14-18,20H,4-5,8-10,13H2,1-3H3,(H,32,33)/t18-,20-. The summed E-state index contributed by atoms with van der Waals surface area (Å²) in [5, 5.41) is 17.0. The Labute approximate surface area is 209 Å². The molecule has 0 atom stereocenters. The molecule has 0 bridgehead atoms. The van der Waals surface area contributed by atoms with Crippen LogP contribution in [0.3, 0.4) is 0 Å². The first kappa shape index (κ1) is 24.9. The van der Waals surface area contributed by atoms with Crippen LogP contribution in [0.1, 0.15) is 57.0 Å². The zero-order valence-electron chi connectivity index (χ0n) is 20.4. The molecule has 1 aromatic carbocycles. The van der Waals surface area contributed by atoms with Gasteiger partial charge in [0.2, 0.25) is 11.7 Å². The lowest BCUT2D eigenvalue weighted by Crippen LogP contribution is -2.42. The Bertz CT molecular complexity index is 1130. The monoisotopic (exact) mass is 496 g/mol. The average Bonchev–Trinajstić information content (AvgIpc) is 3.49. The maximum Gasteiger partial charge on any atom is 0.511 e. The van der Waals surface area contributed by atoms with Crippen molar-refractivity contribution >= 4 is 29.2 Å². The van der Waals surface area contributed by atoms with E-state index in [-0.39, 0.29) is 29.4 Å². The van der Waals surface area contributed by atoms with E-state index in [1.807, 2.05) is 49.7 Å². The summed E-state index contributed by atoms with van der Waals surface area (Å²) >= 11 is 1.65. The van der Waals surface area contributed by atoms with Crippen LogP contribution in [0.4, 0.5) is 10.6 Å². The zero-order chi connectivity index (χ0) is 24.9. The van der Waals surface area contributed by atoms with Crippen LogP contribution in [-0.4, -0.2) is 38.0 Å². The van der Waals surface area contributed by atoms with Crippen molar-refractivity contribution in [3.63, 3.8) is 0 Å². The third-order valence-corrected chi connectivity index (χ3v) is 7.36. The van der Waals surface area contributed by atoms with Crippen molar-refractivity contribution in [1.82, 2.24) is 14.8 Å². The number of hydrogen-bond acceptors (Lipinski definition) is 6. The molecule has 1 saturated carbocycles. The molecule has 1 amide bonds. The van der Waals surface area contributed by atoms with Crippen LogP contribution in [-0.2, 0) is 17.6 Å². The lowest BCUT2D eigenvalue weighted by atomic mass is 9.82. The first-order valence-electron chi connectivity index (χ1n) is 12.1. The predicted octanol–water partition coefficient (Wildman–Crippen LogP) is 5.74. The van der Waals surface area contributed by atoms with Gasteiger partial charge in [0.15, 0.2) is 5.75 Å². The van der Waals surface area contributed by atoms with E-state index in [0.717, 1.165) is 49.2 Å². The van der Waals surface area contributed by atoms with Gasteiger partial charge >= 0.3 is 6.16 Å². The second-order valence-electron chi connectivity index (χ2n) is 9.48. The predicted molar refractivity (Wildman–Crippen MR) is 135 cm³/mol. The van der Waals surface area contributed by atoms with Gasteiger partial charge in [0.1, 0.15) is 0 Å². The van der Waals surface area contributed by atoms with Crippen molar-refractivity contribution < 1.29 is 19.4 Å². The van der Waals surface area contributed by atoms with E-state index in [1.165, 1.54) is 11.8 Å². The first-order valence-corrected chi connectivity index (χ1v) is 13.0. The molecule has 4 rings (SSSR count). The second-order valence-corrected chi connectivity index (χ2v) is 10.5. The number of carboxylic acid groups (broad SMARTS) is 1. The molecule has 9 heteroatoms. The van der Waals surface area contributed by atoms with E-state index < -0.39 is 6.16 Å². The second kappa shape index (κ2) is 11.0. The van der Waals surface area contributed by atoms with Crippen molar-refractivity contribution in [2.24, 2.45) is 11.8 Å². The molecular weight excluding hydrogens is 464 g/mol. The highest BCUT2D eigenvalue weighted by Gasteiger charge is 2.34. The minimum Gasteiger partial charge on any atom is -0.449 e. The summed E-state index contributed by atoms with van der Waals surface area (Å²) in [6.45, 7) is 6.03. The maximum absolute atomic E-state index is 13.5. The summed E-state index contributed by atoms with van der Waals surface area (Å²) in [5.74, 6) is 0.801. The van der Waals surface area contributed by atoms with Crippen LogP contribution in [0.15, 0.2) is 42.0 Å². The molecule has 186 valence electrons. The van der Waals surface area contributed by atoms with E-state index in [2.05, 4.69) is 17.0 Å². The minimum absolute atomic E-state index is 0.0232. The summed E-state index contributed by atoms with van der Waals surface area (Å²) in [7, 11) is 0. The van der Waals surface area contributed by atoms with Gasteiger partial charge in [0, 0.05) is 30.0 Å². The molecule has 1 fully saturated rings. The van der Waals surface area contributed by atoms with Crippen molar-refractivity contribution in [3.8, 4) is 11.4 Å². The molecule has 0 aliphatic heterocycles. The zero-order valence-corrected chi connectivity index (χ0v) is 21.2. The van der Waals surface area contributed by atoms with Gasteiger partial charge < -0.3 is 9.84 Å². The Hall–Kier alpha value is -3.20. The number of aromatic nitrogens is 3. The molecular formula is C26H32N4O4S. The number of aryl methyl sites for hydroxylation is 2. The maximum atomic E-state index is 13.5. The Morgan fingerprint density at radius 1 is 1.17 bits per heavy atom. The summed E-state index contributed by atoms with van der Waals surface area (Å²) in [6.07, 6.45) is 7.36. The lowest BCUT2D eigenvalue weighted by molar-refractivity contribution is -0.124. The largest absolute Gasteiger partial charge is 0.511 e. The lowest BCUT2D eigenvalue weighted by Gasteiger charge is -2.32. The Morgan fingerprint density at radius 3 is 2.49 bits per heavy atom. The molecule has 2 aromatic heterocycles. The van der Waals surface area contributed by atoms with Crippen molar-refractivity contribution in [2.75, 3.05) is 4.90 Å². The van der Waals surface area contributed by atoms with Gasteiger partial charge in [-0.1, -0.05) is 19.1 Å². The Kier molecular flexibility index (Phi) is 7.85. The molecule has 35 heavy (non-hydrogen) atoms. The molecule has 0 saturated heterocycles. The van der Waals surface area contributed by atoms with Crippen molar-refractivity contribution in [2.45, 2.75) is 65.3 Å². The fourth-order valence-corrected chi connectivity index (χ4v) is 5.18. The summed E-state index contributed by atoms with van der Waals surface area (Å²) in [6, 6.07) is 7.72. The number of amides is 1. The van der Waals surface area contributed by atoms with E-state index in [9.17, 15) is 14.7 Å². The van der Waals surface area contributed by atoms with Crippen LogP contribution in [0.25, 0.3) is 5.69 Å². The molecule has 2 heterocycles. The first-order chi connectivity index (χ1) is 16.8. The third kappa shape index (κ3) is 6.08. The topological polar surface area (TPSA) is 97.6 Å². The molecule has 1 aliphatic carbocycles. The van der Waals surface area contributed by atoms with Crippen LogP contribution >= 0.6 is 11.3 Å². The van der Waals surface area contributed by atoms with Gasteiger partial charge in [-0.05, 0) is 69.6 Å². The SMILES string of the molecule is CC(C)N(c1nn(-c2ccc(CCc3nccs3)cc2)cc1OC(=O)O)C(=O)[C@H]1CC[C@H](C)CC1. The van der Waals surface area contributed by atoms with E-state index in [1.54, 1.807) is 20.9 Å². The number of carbonyl (C=O) groups excluding carboxylic acids is 1. The summed E-state index contributed by atoms with van der Waals surface area (Å²) in [5.41, 5.74) is 1.93. The van der Waals surface area contributed by atoms with Crippen molar-refractivity contribution in [1.29, 1.82) is 0 Å². The van der Waals surface area contributed by atoms with E-state index in [0.29, 0.717) is 5.92 Å². The van der Waals surface area contributed by atoms with Gasteiger partial charge in [-0.15, -0.1) is 16.4 Å². The molecule has 3 aromatic rings. The summed E-state index contributed by atoms with van der Waals surface area (Å²) < 4.78 is 6.64. The smallest absolute Gasteiger partial charge is 0.449 e. The number of ether oxygens (including phenoxy) is 1. The van der Waals surface area contributed by atoms with Gasteiger partial charge in [-0.25, -0.2) is 14.5 Å². The molecule has 0 radical (unpaired) electrons. The fraction of sp³-hybridized carbons (Fsp3) is 0.462. The third-order valence-electron chi connectivity index (χ3n) is 6.52. The molecule has 1 N–H and O–H groups in total. The number of rotatable bonds is 8. The van der Waals surface area contributed by atoms with Crippen LogP contribution in [0.2, 0.25) is 0 Å². The number of nitrogens with zero attached hydrogens (tertiary/aromatic N) is 4. The highest BCUT2D eigenvalue weighted by Crippen LogP contribution is 2.35. The van der Waals surface area contributed by atoms with Gasteiger partial charge in [-0.3, -0.25) is 9.69 Å². The molecule has 0 spiro atoms. The molecule has 1 aliphatic rings. The number of hydrogen-bond donors (Lipinski definition) is 1. The quantitative estimate of drug-likeness (QED) is 0.400. The average molecular weight is 497 g/mol. The Morgan fingerprint density at radius 2 is 1.89 bits per heavy atom. The van der Waals surface area contributed by atoms with E-state index >= 15 is 0 Å². The highest BCUT2D eigenvalue weighted by atomic mass is 32.1. The Balaban J connectivity index is 1.58. The van der Waals surface area contributed by atoms with E-state index in [4.69, 9.17) is 4.74 Å². The fourth-order valence-electron chi connectivity index (χ4n) is 4.56. The number of carbonyl (C=O) groups is 2. The van der Waals surface area contributed by atoms with Crippen LogP contribution in [0.5, 0.6) is 5.75 Å². The van der Waals surface area contributed by atoms with Gasteiger partial charge in [0.05, 0.1) is 16.9 Å². The van der Waals surface area contributed by atoms with Gasteiger partial charge in [0.25, 0.3) is 0 Å². The highest BCUT2D eigenvalue weighted by molar-refractivity contribution is 7.09. The van der Waals surface area contributed by atoms with Crippen LogP contribution < -0.4 is 9.64 Å².